The first kappa shape index (κ1) is 17.1. The standard InChI is InChI=1S/C19H15N3O4/c1-12-3-5-15(9-14(12)7-8-23)21-18(25)22(19(21)26)16-6-4-13(2)17(10-16)20-11-24/h3-7,9-11H,1-2H3,(H,20,24). The Morgan fingerprint density at radius 3 is 2.08 bits per heavy atom. The maximum atomic E-state index is 12.5. The van der Waals surface area contributed by atoms with Crippen LogP contribution in [-0.4, -0.2) is 24.4 Å². The zero-order valence-electron chi connectivity index (χ0n) is 14.1. The van der Waals surface area contributed by atoms with Crippen LogP contribution in [0, 0.1) is 13.8 Å². The first-order chi connectivity index (χ1) is 12.5. The second-order valence-electron chi connectivity index (χ2n) is 5.80. The van der Waals surface area contributed by atoms with Crippen molar-refractivity contribution in [3.8, 4) is 0 Å². The van der Waals surface area contributed by atoms with Crippen molar-refractivity contribution >= 4 is 47.6 Å². The van der Waals surface area contributed by atoms with Crippen LogP contribution in [-0.2, 0) is 9.59 Å². The van der Waals surface area contributed by atoms with E-state index in [1.807, 2.05) is 6.92 Å². The molecule has 2 aromatic carbocycles. The number of amides is 5. The van der Waals surface area contributed by atoms with E-state index in [1.54, 1.807) is 49.3 Å². The lowest BCUT2D eigenvalue weighted by molar-refractivity contribution is -0.105. The van der Waals surface area contributed by atoms with Crippen LogP contribution in [0.3, 0.4) is 0 Å². The molecule has 0 bridgehead atoms. The SMILES string of the molecule is Cc1ccc(N2C(=O)N(c3ccc(C)c(NC=O)c3)C2=O)cc1C=C=O. The number of rotatable bonds is 5. The van der Waals surface area contributed by atoms with Crippen molar-refractivity contribution in [2.75, 3.05) is 15.1 Å². The lowest BCUT2D eigenvalue weighted by atomic mass is 10.1. The van der Waals surface area contributed by atoms with Gasteiger partial charge in [0, 0.05) is 11.8 Å². The highest BCUT2D eigenvalue weighted by molar-refractivity contribution is 6.41. The van der Waals surface area contributed by atoms with Gasteiger partial charge in [0.25, 0.3) is 0 Å². The molecule has 1 fully saturated rings. The number of nitrogens with zero attached hydrogens (tertiary/aromatic N) is 2. The first-order valence-corrected chi connectivity index (χ1v) is 7.78. The van der Waals surface area contributed by atoms with Gasteiger partial charge < -0.3 is 5.32 Å². The maximum absolute atomic E-state index is 12.5. The van der Waals surface area contributed by atoms with Crippen molar-refractivity contribution in [2.24, 2.45) is 0 Å². The number of hydrogen-bond donors (Lipinski definition) is 1. The Balaban J connectivity index is 1.91. The van der Waals surface area contributed by atoms with Gasteiger partial charge >= 0.3 is 12.1 Å². The number of aryl methyl sites for hydroxylation is 2. The second kappa shape index (κ2) is 6.66. The Morgan fingerprint density at radius 1 is 0.923 bits per heavy atom. The fourth-order valence-electron chi connectivity index (χ4n) is 2.71. The van der Waals surface area contributed by atoms with Crippen LogP contribution in [0.25, 0.3) is 6.08 Å². The minimum Gasteiger partial charge on any atom is -0.328 e. The summed E-state index contributed by atoms with van der Waals surface area (Å²) >= 11 is 0. The minimum absolute atomic E-state index is 0.367. The van der Waals surface area contributed by atoms with E-state index >= 15 is 0 Å². The average Bonchev–Trinajstić information content (AvgIpc) is 2.61. The van der Waals surface area contributed by atoms with Crippen LogP contribution < -0.4 is 15.1 Å². The van der Waals surface area contributed by atoms with E-state index in [2.05, 4.69) is 5.32 Å². The summed E-state index contributed by atoms with van der Waals surface area (Å²) < 4.78 is 0. The summed E-state index contributed by atoms with van der Waals surface area (Å²) in [7, 11) is 0. The molecule has 5 amide bonds. The van der Waals surface area contributed by atoms with Gasteiger partial charge in [-0.15, -0.1) is 0 Å². The van der Waals surface area contributed by atoms with E-state index in [-0.39, 0.29) is 0 Å². The molecule has 0 radical (unpaired) electrons. The van der Waals surface area contributed by atoms with Gasteiger partial charge in [-0.3, -0.25) is 4.79 Å². The molecule has 2 aromatic rings. The summed E-state index contributed by atoms with van der Waals surface area (Å²) in [5, 5.41) is 2.54. The number of imide groups is 2. The predicted molar refractivity (Wildman–Crippen MR) is 98.0 cm³/mol. The predicted octanol–water partition coefficient (Wildman–Crippen LogP) is 3.28. The Kier molecular flexibility index (Phi) is 4.39. The fourth-order valence-corrected chi connectivity index (χ4v) is 2.71. The van der Waals surface area contributed by atoms with Crippen LogP contribution in [0.2, 0.25) is 0 Å². The number of carbonyl (C=O) groups excluding carboxylic acids is 4. The van der Waals surface area contributed by atoms with Crippen LogP contribution in [0.1, 0.15) is 16.7 Å². The number of nitrogens with one attached hydrogen (secondary N) is 1. The summed E-state index contributed by atoms with van der Waals surface area (Å²) in [6.07, 6.45) is 1.79. The molecule has 0 atom stereocenters. The molecule has 0 spiro atoms. The van der Waals surface area contributed by atoms with Crippen molar-refractivity contribution in [2.45, 2.75) is 13.8 Å². The molecule has 7 heteroatoms. The molecular formula is C19H15N3O4. The quantitative estimate of drug-likeness (QED) is 0.663. The van der Waals surface area contributed by atoms with Crippen LogP contribution in [0.4, 0.5) is 26.7 Å². The van der Waals surface area contributed by atoms with Gasteiger partial charge in [-0.2, -0.15) is 0 Å². The van der Waals surface area contributed by atoms with Gasteiger partial charge in [-0.05, 0) is 54.8 Å². The number of hydrogen-bond acceptors (Lipinski definition) is 4. The lowest BCUT2D eigenvalue weighted by Gasteiger charge is -2.39. The summed E-state index contributed by atoms with van der Waals surface area (Å²) in [6.45, 7) is 3.61. The number of urea groups is 2. The lowest BCUT2D eigenvalue weighted by Crippen LogP contribution is -2.64. The molecule has 1 N–H and O–H groups in total. The molecule has 1 aliphatic rings. The highest BCUT2D eigenvalue weighted by Crippen LogP contribution is 2.33. The molecule has 0 unspecified atom stereocenters. The molecule has 1 saturated heterocycles. The van der Waals surface area contributed by atoms with Crippen LogP contribution >= 0.6 is 0 Å². The van der Waals surface area contributed by atoms with E-state index in [0.717, 1.165) is 20.9 Å². The topological polar surface area (TPSA) is 86.8 Å². The molecule has 7 nitrogen and oxygen atoms in total. The number of benzene rings is 2. The van der Waals surface area contributed by atoms with Crippen LogP contribution in [0.15, 0.2) is 36.4 Å². The molecule has 26 heavy (non-hydrogen) atoms. The van der Waals surface area contributed by atoms with Crippen molar-refractivity contribution in [1.82, 2.24) is 0 Å². The third kappa shape index (κ3) is 2.76. The fraction of sp³-hybridized carbons (Fsp3) is 0.105. The van der Waals surface area contributed by atoms with E-state index in [4.69, 9.17) is 0 Å². The van der Waals surface area contributed by atoms with Gasteiger partial charge in [-0.1, -0.05) is 12.1 Å². The molecule has 0 aliphatic carbocycles. The monoisotopic (exact) mass is 349 g/mol. The van der Waals surface area contributed by atoms with Gasteiger partial charge in [0.2, 0.25) is 6.41 Å². The van der Waals surface area contributed by atoms with E-state index < -0.39 is 12.1 Å². The Hall–Kier alpha value is -3.70. The smallest absolute Gasteiger partial charge is 0.328 e. The average molecular weight is 349 g/mol. The maximum Gasteiger partial charge on any atom is 0.345 e. The van der Waals surface area contributed by atoms with E-state index in [1.165, 1.54) is 6.08 Å². The molecule has 1 heterocycles. The summed E-state index contributed by atoms with van der Waals surface area (Å²) in [5.41, 5.74) is 3.49. The molecule has 1 aliphatic heterocycles. The third-order valence-electron chi connectivity index (χ3n) is 4.19. The summed E-state index contributed by atoms with van der Waals surface area (Å²) in [4.78, 5) is 48.4. The Bertz CT molecular complexity index is 961. The van der Waals surface area contributed by atoms with E-state index in [0.29, 0.717) is 29.0 Å². The summed E-state index contributed by atoms with van der Waals surface area (Å²) in [5.74, 6) is 1.70. The second-order valence-corrected chi connectivity index (χ2v) is 5.80. The molecule has 130 valence electrons. The van der Waals surface area contributed by atoms with Gasteiger partial charge in [-0.25, -0.2) is 24.2 Å². The minimum atomic E-state index is -0.513. The van der Waals surface area contributed by atoms with Crippen LogP contribution in [0.5, 0.6) is 0 Å². The molecule has 0 saturated carbocycles. The van der Waals surface area contributed by atoms with Crippen molar-refractivity contribution < 1.29 is 19.2 Å². The largest absolute Gasteiger partial charge is 0.345 e. The third-order valence-corrected chi connectivity index (χ3v) is 4.19. The Morgan fingerprint density at radius 2 is 1.50 bits per heavy atom. The number of anilines is 3. The molecule has 0 aromatic heterocycles. The Labute approximate surface area is 149 Å². The van der Waals surface area contributed by atoms with Gasteiger partial charge in [0.15, 0.2) is 0 Å². The molecular weight excluding hydrogens is 334 g/mol. The highest BCUT2D eigenvalue weighted by atomic mass is 16.2. The summed E-state index contributed by atoms with van der Waals surface area (Å²) in [6, 6.07) is 8.83. The van der Waals surface area contributed by atoms with Crippen molar-refractivity contribution in [1.29, 1.82) is 0 Å². The van der Waals surface area contributed by atoms with Crippen molar-refractivity contribution in [3.05, 3.63) is 53.1 Å². The zero-order chi connectivity index (χ0) is 18.8. The normalized spacial score (nSPS) is 13.2. The van der Waals surface area contributed by atoms with Crippen molar-refractivity contribution in [3.63, 3.8) is 0 Å². The van der Waals surface area contributed by atoms with E-state index in [9.17, 15) is 19.2 Å². The zero-order valence-corrected chi connectivity index (χ0v) is 14.1. The number of carbonyl (C=O) groups is 3. The van der Waals surface area contributed by atoms with Gasteiger partial charge in [0.1, 0.15) is 5.94 Å². The van der Waals surface area contributed by atoms with Gasteiger partial charge in [0.05, 0.1) is 11.4 Å². The highest BCUT2D eigenvalue weighted by Gasteiger charge is 2.46. The molecule has 3 rings (SSSR count). The first-order valence-electron chi connectivity index (χ1n) is 7.78.